The van der Waals surface area contributed by atoms with Crippen molar-refractivity contribution in [3.63, 3.8) is 0 Å². The monoisotopic (exact) mass is 269 g/mol. The Morgan fingerprint density at radius 2 is 2.33 bits per heavy atom. The molecule has 1 aromatic heterocycles. The Kier molecular flexibility index (Phi) is 4.74. The van der Waals surface area contributed by atoms with Crippen LogP contribution < -0.4 is 0 Å². The SMILES string of the molecule is CN(CCOCC1CC1)Cc1ccc(C(=O)O)s1. The summed E-state index contributed by atoms with van der Waals surface area (Å²) < 4.78 is 5.58. The predicted molar refractivity (Wildman–Crippen MR) is 71.2 cm³/mol. The van der Waals surface area contributed by atoms with Gasteiger partial charge in [0.25, 0.3) is 0 Å². The van der Waals surface area contributed by atoms with Gasteiger partial charge < -0.3 is 9.84 Å². The molecule has 0 amide bonds. The Balaban J connectivity index is 1.65. The minimum Gasteiger partial charge on any atom is -0.477 e. The first-order valence-electron chi connectivity index (χ1n) is 6.23. The topological polar surface area (TPSA) is 49.8 Å². The molecule has 4 nitrogen and oxygen atoms in total. The van der Waals surface area contributed by atoms with Crippen LogP contribution in [0.2, 0.25) is 0 Å². The lowest BCUT2D eigenvalue weighted by molar-refractivity contribution is 0.0702. The Hall–Kier alpha value is -0.910. The number of thiophene rings is 1. The van der Waals surface area contributed by atoms with Gasteiger partial charge in [-0.1, -0.05) is 0 Å². The molecule has 1 aliphatic carbocycles. The number of aromatic carboxylic acids is 1. The van der Waals surface area contributed by atoms with Crippen LogP contribution in [0.25, 0.3) is 0 Å². The fraction of sp³-hybridized carbons (Fsp3) is 0.615. The number of ether oxygens (including phenoxy) is 1. The van der Waals surface area contributed by atoms with Crippen molar-refractivity contribution in [2.45, 2.75) is 19.4 Å². The highest BCUT2D eigenvalue weighted by molar-refractivity contribution is 7.13. The molecule has 0 radical (unpaired) electrons. The first-order valence-corrected chi connectivity index (χ1v) is 7.05. The molecule has 0 aliphatic heterocycles. The van der Waals surface area contributed by atoms with Crippen LogP contribution in [0.3, 0.4) is 0 Å². The lowest BCUT2D eigenvalue weighted by Gasteiger charge is -2.15. The summed E-state index contributed by atoms with van der Waals surface area (Å²) >= 11 is 1.34. The molecule has 0 saturated heterocycles. The van der Waals surface area contributed by atoms with Crippen LogP contribution in [-0.4, -0.2) is 42.8 Å². The molecule has 0 unspecified atom stereocenters. The van der Waals surface area contributed by atoms with Crippen molar-refractivity contribution in [3.05, 3.63) is 21.9 Å². The minimum absolute atomic E-state index is 0.406. The van der Waals surface area contributed by atoms with Crippen molar-refractivity contribution >= 4 is 17.3 Å². The van der Waals surface area contributed by atoms with Gasteiger partial charge in [-0.15, -0.1) is 11.3 Å². The van der Waals surface area contributed by atoms with Gasteiger partial charge in [0.05, 0.1) is 6.61 Å². The van der Waals surface area contributed by atoms with Gasteiger partial charge in [0.2, 0.25) is 0 Å². The molecule has 1 fully saturated rings. The van der Waals surface area contributed by atoms with Crippen molar-refractivity contribution in [3.8, 4) is 0 Å². The van der Waals surface area contributed by atoms with Crippen LogP contribution in [0.15, 0.2) is 12.1 Å². The summed E-state index contributed by atoms with van der Waals surface area (Å²) in [7, 11) is 2.03. The fourth-order valence-corrected chi connectivity index (χ4v) is 2.60. The zero-order valence-electron chi connectivity index (χ0n) is 10.6. The lowest BCUT2D eigenvalue weighted by atomic mass is 10.4. The molecule has 18 heavy (non-hydrogen) atoms. The Bertz CT molecular complexity index is 401. The standard InChI is InChI=1S/C13H19NO3S/c1-14(6-7-17-9-10-2-3-10)8-11-4-5-12(18-11)13(15)16/h4-5,10H,2-3,6-9H2,1H3,(H,15,16). The van der Waals surface area contributed by atoms with Gasteiger partial charge >= 0.3 is 5.97 Å². The highest BCUT2D eigenvalue weighted by Gasteiger charge is 2.20. The van der Waals surface area contributed by atoms with Gasteiger partial charge in [0, 0.05) is 24.6 Å². The maximum Gasteiger partial charge on any atom is 0.345 e. The second-order valence-electron chi connectivity index (χ2n) is 4.83. The van der Waals surface area contributed by atoms with Crippen molar-refractivity contribution in [1.29, 1.82) is 0 Å². The van der Waals surface area contributed by atoms with Crippen LogP contribution in [0, 0.1) is 5.92 Å². The first kappa shape index (κ1) is 13.5. The number of carboxylic acid groups (broad SMARTS) is 1. The minimum atomic E-state index is -0.846. The van der Waals surface area contributed by atoms with E-state index < -0.39 is 5.97 Å². The van der Waals surface area contributed by atoms with Crippen LogP contribution in [-0.2, 0) is 11.3 Å². The number of likely N-dealkylation sites (N-methyl/N-ethyl adjacent to an activating group) is 1. The van der Waals surface area contributed by atoms with E-state index in [1.165, 1.54) is 24.2 Å². The molecular formula is C13H19NO3S. The van der Waals surface area contributed by atoms with E-state index in [0.717, 1.165) is 37.1 Å². The summed E-state index contributed by atoms with van der Waals surface area (Å²) in [5, 5.41) is 8.84. The highest BCUT2D eigenvalue weighted by Crippen LogP contribution is 2.28. The Labute approximate surface area is 111 Å². The molecule has 0 atom stereocenters. The summed E-state index contributed by atoms with van der Waals surface area (Å²) in [5.74, 6) is -0.0348. The number of hydrogen-bond donors (Lipinski definition) is 1. The second-order valence-corrected chi connectivity index (χ2v) is 6.00. The summed E-state index contributed by atoms with van der Waals surface area (Å²) in [4.78, 5) is 14.4. The second kappa shape index (κ2) is 6.31. The quantitative estimate of drug-likeness (QED) is 0.736. The van der Waals surface area contributed by atoms with Gasteiger partial charge in [0.15, 0.2) is 0 Å². The van der Waals surface area contributed by atoms with E-state index >= 15 is 0 Å². The van der Waals surface area contributed by atoms with E-state index in [2.05, 4.69) is 4.90 Å². The third-order valence-corrected chi connectivity index (χ3v) is 4.02. The Morgan fingerprint density at radius 3 is 2.94 bits per heavy atom. The summed E-state index contributed by atoms with van der Waals surface area (Å²) in [6, 6.07) is 3.55. The number of nitrogens with zero attached hydrogens (tertiary/aromatic N) is 1. The normalized spacial score (nSPS) is 15.2. The molecule has 1 N–H and O–H groups in total. The van der Waals surface area contributed by atoms with Crippen LogP contribution in [0.5, 0.6) is 0 Å². The third kappa shape index (κ3) is 4.40. The molecule has 5 heteroatoms. The molecule has 0 bridgehead atoms. The average molecular weight is 269 g/mol. The van der Waals surface area contributed by atoms with Crippen LogP contribution >= 0.6 is 11.3 Å². The van der Waals surface area contributed by atoms with Crippen LogP contribution in [0.1, 0.15) is 27.4 Å². The largest absolute Gasteiger partial charge is 0.477 e. The zero-order valence-corrected chi connectivity index (χ0v) is 11.4. The van der Waals surface area contributed by atoms with Crippen molar-refractivity contribution < 1.29 is 14.6 Å². The van der Waals surface area contributed by atoms with Gasteiger partial charge in [-0.05, 0) is 37.9 Å². The molecule has 1 aliphatic rings. The maximum absolute atomic E-state index is 10.8. The Morgan fingerprint density at radius 1 is 1.56 bits per heavy atom. The molecule has 100 valence electrons. The number of rotatable bonds is 8. The molecule has 1 heterocycles. The van der Waals surface area contributed by atoms with E-state index in [1.54, 1.807) is 6.07 Å². The predicted octanol–water partition coefficient (Wildman–Crippen LogP) is 2.30. The van der Waals surface area contributed by atoms with E-state index in [9.17, 15) is 4.79 Å². The van der Waals surface area contributed by atoms with Gasteiger partial charge in [-0.3, -0.25) is 4.90 Å². The van der Waals surface area contributed by atoms with E-state index in [4.69, 9.17) is 9.84 Å². The molecule has 0 aromatic carbocycles. The van der Waals surface area contributed by atoms with Crippen molar-refractivity contribution in [1.82, 2.24) is 4.90 Å². The smallest absolute Gasteiger partial charge is 0.345 e. The average Bonchev–Trinajstić information content (AvgIpc) is 3.03. The van der Waals surface area contributed by atoms with E-state index in [1.807, 2.05) is 13.1 Å². The van der Waals surface area contributed by atoms with E-state index in [0.29, 0.717) is 4.88 Å². The molecule has 1 saturated carbocycles. The maximum atomic E-state index is 10.8. The van der Waals surface area contributed by atoms with Gasteiger partial charge in [0.1, 0.15) is 4.88 Å². The first-order chi connectivity index (χ1) is 8.65. The molecular weight excluding hydrogens is 250 g/mol. The number of hydrogen-bond acceptors (Lipinski definition) is 4. The van der Waals surface area contributed by atoms with Crippen molar-refractivity contribution in [2.24, 2.45) is 5.92 Å². The summed E-state index contributed by atoms with van der Waals surface area (Å²) in [6.07, 6.45) is 2.64. The third-order valence-electron chi connectivity index (χ3n) is 2.97. The van der Waals surface area contributed by atoms with E-state index in [-0.39, 0.29) is 0 Å². The number of carboxylic acids is 1. The molecule has 1 aromatic rings. The summed E-state index contributed by atoms with van der Waals surface area (Å²) in [5.41, 5.74) is 0. The van der Waals surface area contributed by atoms with Gasteiger partial charge in [-0.2, -0.15) is 0 Å². The fourth-order valence-electron chi connectivity index (χ4n) is 1.68. The van der Waals surface area contributed by atoms with Crippen LogP contribution in [0.4, 0.5) is 0 Å². The van der Waals surface area contributed by atoms with Gasteiger partial charge in [-0.25, -0.2) is 4.79 Å². The number of carbonyl (C=O) groups is 1. The molecule has 0 spiro atoms. The zero-order chi connectivity index (χ0) is 13.0. The van der Waals surface area contributed by atoms with Crippen molar-refractivity contribution in [2.75, 3.05) is 26.8 Å². The highest BCUT2D eigenvalue weighted by atomic mass is 32.1. The molecule has 2 rings (SSSR count). The lowest BCUT2D eigenvalue weighted by Crippen LogP contribution is -2.22. The summed E-state index contributed by atoms with van der Waals surface area (Å²) in [6.45, 7) is 3.32.